The van der Waals surface area contributed by atoms with Crippen LogP contribution in [0, 0.1) is 13.8 Å². The molecule has 130 valence electrons. The maximum atomic E-state index is 12.7. The van der Waals surface area contributed by atoms with Gasteiger partial charge in [0.1, 0.15) is 0 Å². The van der Waals surface area contributed by atoms with E-state index in [-0.39, 0.29) is 11.9 Å². The number of carbonyl (C=O) groups excluding carboxylic acids is 3. The van der Waals surface area contributed by atoms with Crippen molar-refractivity contribution in [3.05, 3.63) is 34.9 Å². The van der Waals surface area contributed by atoms with E-state index in [1.165, 1.54) is 4.90 Å². The Hall–Kier alpha value is -2.37. The van der Waals surface area contributed by atoms with Crippen LogP contribution in [0.5, 0.6) is 0 Å². The monoisotopic (exact) mass is 331 g/mol. The molecule has 0 unspecified atom stereocenters. The topological polar surface area (TPSA) is 69.7 Å². The summed E-state index contributed by atoms with van der Waals surface area (Å²) >= 11 is 0. The van der Waals surface area contributed by atoms with Crippen LogP contribution in [0.2, 0.25) is 0 Å². The first kappa shape index (κ1) is 18.0. The van der Waals surface area contributed by atoms with Crippen LogP contribution in [0.25, 0.3) is 0 Å². The summed E-state index contributed by atoms with van der Waals surface area (Å²) in [5.74, 6) is -1.13. The minimum Gasteiger partial charge on any atom is -0.346 e. The molecule has 1 N–H and O–H groups in total. The summed E-state index contributed by atoms with van der Waals surface area (Å²) in [6, 6.07) is 5.62. The van der Waals surface area contributed by atoms with Crippen molar-refractivity contribution in [2.24, 2.45) is 0 Å². The summed E-state index contributed by atoms with van der Waals surface area (Å²) < 4.78 is 0. The molecule has 1 saturated heterocycles. The third-order valence-electron chi connectivity index (χ3n) is 4.30. The second-order valence-electron chi connectivity index (χ2n) is 6.46. The van der Waals surface area contributed by atoms with Gasteiger partial charge in [-0.05, 0) is 44.9 Å². The Labute approximate surface area is 142 Å². The van der Waals surface area contributed by atoms with Crippen LogP contribution in [-0.2, 0) is 9.59 Å². The number of carbonyl (C=O) groups is 3. The lowest BCUT2D eigenvalue weighted by Gasteiger charge is -2.34. The number of hydrogen-bond acceptors (Lipinski definition) is 3. The zero-order valence-electron chi connectivity index (χ0n) is 14.8. The van der Waals surface area contributed by atoms with Gasteiger partial charge in [-0.2, -0.15) is 0 Å². The average molecular weight is 331 g/mol. The Kier molecular flexibility index (Phi) is 5.59. The Morgan fingerprint density at radius 3 is 2.17 bits per heavy atom. The Morgan fingerprint density at radius 1 is 1.00 bits per heavy atom. The number of nitrogens with one attached hydrogen (secondary N) is 1. The first-order valence-electron chi connectivity index (χ1n) is 8.26. The van der Waals surface area contributed by atoms with Gasteiger partial charge >= 0.3 is 11.8 Å². The van der Waals surface area contributed by atoms with Crippen molar-refractivity contribution in [1.29, 1.82) is 0 Å². The Bertz CT molecular complexity index is 647. The largest absolute Gasteiger partial charge is 0.346 e. The summed E-state index contributed by atoms with van der Waals surface area (Å²) in [6.45, 7) is 9.17. The molecule has 0 aliphatic carbocycles. The molecule has 1 aliphatic rings. The summed E-state index contributed by atoms with van der Waals surface area (Å²) in [6.07, 6.45) is 0. The van der Waals surface area contributed by atoms with Crippen LogP contribution < -0.4 is 5.32 Å². The Morgan fingerprint density at radius 2 is 1.58 bits per heavy atom. The highest BCUT2D eigenvalue weighted by Crippen LogP contribution is 2.16. The predicted octanol–water partition coefficient (Wildman–Crippen LogP) is 1.11. The predicted molar refractivity (Wildman–Crippen MR) is 91.7 cm³/mol. The highest BCUT2D eigenvalue weighted by molar-refractivity contribution is 6.35. The molecule has 1 fully saturated rings. The fraction of sp³-hybridized carbons (Fsp3) is 0.500. The molecule has 24 heavy (non-hydrogen) atoms. The van der Waals surface area contributed by atoms with Gasteiger partial charge in [-0.1, -0.05) is 12.1 Å². The SMILES string of the molecule is Cc1cccc(C(=O)N2CCN(C(=O)C(=O)NC(C)C)CC2)c1C. The minimum atomic E-state index is -0.584. The zero-order valence-corrected chi connectivity index (χ0v) is 14.8. The smallest absolute Gasteiger partial charge is 0.312 e. The molecule has 6 nitrogen and oxygen atoms in total. The van der Waals surface area contributed by atoms with E-state index < -0.39 is 11.8 Å². The van der Waals surface area contributed by atoms with E-state index in [0.29, 0.717) is 31.7 Å². The van der Waals surface area contributed by atoms with Gasteiger partial charge in [0.15, 0.2) is 0 Å². The quantitative estimate of drug-likeness (QED) is 0.826. The van der Waals surface area contributed by atoms with Crippen molar-refractivity contribution in [3.63, 3.8) is 0 Å². The summed E-state index contributed by atoms with van der Waals surface area (Å²) in [5.41, 5.74) is 2.77. The van der Waals surface area contributed by atoms with Gasteiger partial charge in [-0.25, -0.2) is 0 Å². The molecule has 1 aromatic carbocycles. The molecule has 0 radical (unpaired) electrons. The van der Waals surface area contributed by atoms with Gasteiger partial charge < -0.3 is 15.1 Å². The van der Waals surface area contributed by atoms with E-state index in [1.54, 1.807) is 4.90 Å². The molecule has 0 aromatic heterocycles. The number of rotatable bonds is 2. The number of benzene rings is 1. The normalized spacial score (nSPS) is 14.7. The first-order chi connectivity index (χ1) is 11.3. The molecule has 0 saturated carbocycles. The maximum absolute atomic E-state index is 12.7. The molecule has 1 aromatic rings. The lowest BCUT2D eigenvalue weighted by atomic mass is 10.0. The lowest BCUT2D eigenvalue weighted by molar-refractivity contribution is -0.147. The van der Waals surface area contributed by atoms with Crippen LogP contribution in [0.3, 0.4) is 0 Å². The van der Waals surface area contributed by atoms with Crippen molar-refractivity contribution in [3.8, 4) is 0 Å². The molecule has 3 amide bonds. The van der Waals surface area contributed by atoms with Crippen LogP contribution in [0.15, 0.2) is 18.2 Å². The molecule has 2 rings (SSSR count). The van der Waals surface area contributed by atoms with Crippen molar-refractivity contribution >= 4 is 17.7 Å². The van der Waals surface area contributed by atoms with E-state index in [0.717, 1.165) is 11.1 Å². The van der Waals surface area contributed by atoms with Gasteiger partial charge in [0.25, 0.3) is 5.91 Å². The fourth-order valence-electron chi connectivity index (χ4n) is 2.73. The number of nitrogens with zero attached hydrogens (tertiary/aromatic N) is 2. The Balaban J connectivity index is 1.97. The fourth-order valence-corrected chi connectivity index (χ4v) is 2.73. The van der Waals surface area contributed by atoms with Crippen molar-refractivity contribution in [2.45, 2.75) is 33.7 Å². The summed E-state index contributed by atoms with van der Waals surface area (Å²) in [5, 5.41) is 2.60. The molecule has 0 atom stereocenters. The average Bonchev–Trinajstić information content (AvgIpc) is 2.55. The molecule has 1 heterocycles. The van der Waals surface area contributed by atoms with Gasteiger partial charge in [0.05, 0.1) is 0 Å². The molecular formula is C18H25N3O3. The van der Waals surface area contributed by atoms with Gasteiger partial charge in [-0.15, -0.1) is 0 Å². The first-order valence-corrected chi connectivity index (χ1v) is 8.26. The highest BCUT2D eigenvalue weighted by Gasteiger charge is 2.28. The zero-order chi connectivity index (χ0) is 17.9. The number of piperazine rings is 1. The second kappa shape index (κ2) is 7.47. The molecule has 0 spiro atoms. The van der Waals surface area contributed by atoms with Crippen LogP contribution in [0.4, 0.5) is 0 Å². The molecular weight excluding hydrogens is 306 g/mol. The van der Waals surface area contributed by atoms with Gasteiger partial charge in [0, 0.05) is 37.8 Å². The summed E-state index contributed by atoms with van der Waals surface area (Å²) in [4.78, 5) is 39.8. The van der Waals surface area contributed by atoms with Crippen molar-refractivity contribution in [2.75, 3.05) is 26.2 Å². The van der Waals surface area contributed by atoms with E-state index in [2.05, 4.69) is 5.32 Å². The van der Waals surface area contributed by atoms with E-state index >= 15 is 0 Å². The number of aryl methyl sites for hydroxylation is 1. The van der Waals surface area contributed by atoms with Gasteiger partial charge in [-0.3, -0.25) is 14.4 Å². The van der Waals surface area contributed by atoms with E-state index in [9.17, 15) is 14.4 Å². The lowest BCUT2D eigenvalue weighted by Crippen LogP contribution is -2.54. The van der Waals surface area contributed by atoms with E-state index in [4.69, 9.17) is 0 Å². The maximum Gasteiger partial charge on any atom is 0.312 e. The second-order valence-corrected chi connectivity index (χ2v) is 6.46. The minimum absolute atomic E-state index is 0.0186. The van der Waals surface area contributed by atoms with Crippen LogP contribution in [0.1, 0.15) is 35.3 Å². The molecule has 6 heteroatoms. The third-order valence-corrected chi connectivity index (χ3v) is 4.30. The van der Waals surface area contributed by atoms with Crippen molar-refractivity contribution < 1.29 is 14.4 Å². The highest BCUT2D eigenvalue weighted by atomic mass is 16.2. The number of amides is 3. The van der Waals surface area contributed by atoms with Gasteiger partial charge in [0.2, 0.25) is 0 Å². The number of hydrogen-bond donors (Lipinski definition) is 1. The molecule has 1 aliphatic heterocycles. The van der Waals surface area contributed by atoms with E-state index in [1.807, 2.05) is 45.9 Å². The molecule has 0 bridgehead atoms. The summed E-state index contributed by atoms with van der Waals surface area (Å²) in [7, 11) is 0. The van der Waals surface area contributed by atoms with Crippen LogP contribution >= 0.6 is 0 Å². The third kappa shape index (κ3) is 3.93. The van der Waals surface area contributed by atoms with Crippen molar-refractivity contribution in [1.82, 2.24) is 15.1 Å². The van der Waals surface area contributed by atoms with Crippen LogP contribution in [-0.4, -0.2) is 59.7 Å². The standard InChI is InChI=1S/C18H25N3O3/c1-12(2)19-16(22)18(24)21-10-8-20(9-11-21)17(23)15-7-5-6-13(3)14(15)4/h5-7,12H,8-11H2,1-4H3,(H,19,22).